The number of hydrogen-bond donors (Lipinski definition) is 2. The molecule has 4 rings (SSSR count). The fourth-order valence-electron chi connectivity index (χ4n) is 4.65. The number of methoxy groups -OCH3 is 1. The van der Waals surface area contributed by atoms with Crippen molar-refractivity contribution in [1.82, 2.24) is 10.2 Å². The van der Waals surface area contributed by atoms with Gasteiger partial charge in [0.2, 0.25) is 0 Å². The predicted molar refractivity (Wildman–Crippen MR) is 110 cm³/mol. The first-order chi connectivity index (χ1) is 14.1. The molecular formula is C23H28N2O4. The van der Waals surface area contributed by atoms with Crippen LogP contribution in [-0.4, -0.2) is 55.9 Å². The number of nitrogens with zero attached hydrogens (tertiary/aromatic N) is 1. The fraction of sp³-hybridized carbons (Fsp3) is 0.435. The van der Waals surface area contributed by atoms with E-state index in [0.29, 0.717) is 42.9 Å². The summed E-state index contributed by atoms with van der Waals surface area (Å²) in [5.74, 6) is 1.27. The summed E-state index contributed by atoms with van der Waals surface area (Å²) in [4.78, 5) is 15.5. The Bertz CT molecular complexity index is 885. The molecule has 3 atom stereocenters. The number of amides is 1. The van der Waals surface area contributed by atoms with Gasteiger partial charge in [0.25, 0.3) is 5.91 Å². The lowest BCUT2D eigenvalue weighted by molar-refractivity contribution is 0.0712. The molecule has 0 bridgehead atoms. The largest absolute Gasteiger partial charge is 0.508 e. The molecule has 0 aromatic heterocycles. The van der Waals surface area contributed by atoms with E-state index in [9.17, 15) is 9.90 Å². The molecule has 2 fully saturated rings. The van der Waals surface area contributed by atoms with Crippen LogP contribution in [0.1, 0.15) is 27.5 Å². The highest BCUT2D eigenvalue weighted by Gasteiger charge is 2.47. The SMILES string of the molecule is COCCOc1cc(O)cc(C(=O)N2C[C@@H]3CNC[C@@H]3[C@H]2c2ccccc2C)c1. The summed E-state index contributed by atoms with van der Waals surface area (Å²) < 4.78 is 10.6. The molecule has 1 amide bonds. The normalized spacial score (nSPS) is 23.2. The first-order valence-electron chi connectivity index (χ1n) is 10.1. The molecule has 6 nitrogen and oxygen atoms in total. The van der Waals surface area contributed by atoms with Gasteiger partial charge in [-0.05, 0) is 36.1 Å². The minimum atomic E-state index is -0.0693. The summed E-state index contributed by atoms with van der Waals surface area (Å²) in [6.07, 6.45) is 0. The van der Waals surface area contributed by atoms with Gasteiger partial charge < -0.3 is 24.8 Å². The van der Waals surface area contributed by atoms with Gasteiger partial charge in [-0.15, -0.1) is 0 Å². The molecule has 0 unspecified atom stereocenters. The van der Waals surface area contributed by atoms with Gasteiger partial charge in [-0.3, -0.25) is 4.79 Å². The van der Waals surface area contributed by atoms with E-state index in [1.807, 2.05) is 17.0 Å². The van der Waals surface area contributed by atoms with E-state index in [4.69, 9.17) is 9.47 Å². The molecule has 0 saturated carbocycles. The number of carbonyl (C=O) groups excluding carboxylic acids is 1. The number of carbonyl (C=O) groups is 1. The standard InChI is InChI=1S/C23H28N2O4/c1-15-5-3-4-6-20(15)22-21-13-24-12-17(21)14-25(22)23(27)16-9-18(26)11-19(10-16)29-8-7-28-2/h3-6,9-11,17,21-22,24,26H,7-8,12-14H2,1-2H3/t17-,21-,22+/m0/s1. The molecule has 154 valence electrons. The first-order valence-corrected chi connectivity index (χ1v) is 10.1. The number of benzene rings is 2. The summed E-state index contributed by atoms with van der Waals surface area (Å²) in [7, 11) is 1.60. The molecule has 29 heavy (non-hydrogen) atoms. The summed E-state index contributed by atoms with van der Waals surface area (Å²) in [5, 5.41) is 13.6. The highest BCUT2D eigenvalue weighted by Crippen LogP contribution is 2.44. The maximum atomic E-state index is 13.5. The third kappa shape index (κ3) is 3.95. The second kappa shape index (κ2) is 8.43. The lowest BCUT2D eigenvalue weighted by Crippen LogP contribution is -2.35. The summed E-state index contributed by atoms with van der Waals surface area (Å²) >= 11 is 0. The summed E-state index contributed by atoms with van der Waals surface area (Å²) in [6.45, 7) is 5.46. The van der Waals surface area contributed by atoms with Crippen LogP contribution in [0.5, 0.6) is 11.5 Å². The Kier molecular flexibility index (Phi) is 5.74. The average molecular weight is 396 g/mol. The molecule has 2 aliphatic heterocycles. The van der Waals surface area contributed by atoms with Crippen LogP contribution >= 0.6 is 0 Å². The number of phenolic OH excluding ortho intramolecular Hbond substituents is 1. The van der Waals surface area contributed by atoms with Crippen molar-refractivity contribution >= 4 is 5.91 Å². The topological polar surface area (TPSA) is 71.0 Å². The molecular weight excluding hydrogens is 368 g/mol. The minimum absolute atomic E-state index is 0.0248. The molecule has 0 aliphatic carbocycles. The van der Waals surface area contributed by atoms with Crippen molar-refractivity contribution in [3.05, 3.63) is 59.2 Å². The third-order valence-corrected chi connectivity index (χ3v) is 6.03. The Balaban J connectivity index is 1.64. The molecule has 2 heterocycles. The van der Waals surface area contributed by atoms with Crippen LogP contribution in [0.2, 0.25) is 0 Å². The van der Waals surface area contributed by atoms with E-state index in [1.54, 1.807) is 13.2 Å². The van der Waals surface area contributed by atoms with Crippen molar-refractivity contribution in [3.8, 4) is 11.5 Å². The minimum Gasteiger partial charge on any atom is -0.508 e. The van der Waals surface area contributed by atoms with E-state index < -0.39 is 0 Å². The molecule has 2 saturated heterocycles. The Hall–Kier alpha value is -2.57. The molecule has 6 heteroatoms. The zero-order valence-corrected chi connectivity index (χ0v) is 16.9. The number of aromatic hydroxyl groups is 1. The van der Waals surface area contributed by atoms with Crippen LogP contribution in [-0.2, 0) is 4.74 Å². The number of fused-ring (bicyclic) bond motifs is 1. The number of likely N-dealkylation sites (tertiary alicyclic amines) is 1. The number of hydrogen-bond acceptors (Lipinski definition) is 5. The summed E-state index contributed by atoms with van der Waals surface area (Å²) in [6, 6.07) is 13.1. The maximum absolute atomic E-state index is 13.5. The lowest BCUT2D eigenvalue weighted by Gasteiger charge is -2.30. The van der Waals surface area contributed by atoms with Crippen molar-refractivity contribution in [2.75, 3.05) is 40.0 Å². The molecule has 0 radical (unpaired) electrons. The molecule has 2 N–H and O–H groups in total. The first kappa shape index (κ1) is 19.7. The van der Waals surface area contributed by atoms with Gasteiger partial charge in [-0.1, -0.05) is 24.3 Å². The van der Waals surface area contributed by atoms with Crippen molar-refractivity contribution in [1.29, 1.82) is 0 Å². The van der Waals surface area contributed by atoms with Gasteiger partial charge in [0.15, 0.2) is 0 Å². The zero-order valence-electron chi connectivity index (χ0n) is 16.9. The van der Waals surface area contributed by atoms with Crippen molar-refractivity contribution < 1.29 is 19.4 Å². The number of aryl methyl sites for hydroxylation is 1. The Morgan fingerprint density at radius 1 is 1.21 bits per heavy atom. The Morgan fingerprint density at radius 3 is 2.83 bits per heavy atom. The van der Waals surface area contributed by atoms with Gasteiger partial charge in [-0.25, -0.2) is 0 Å². The molecule has 2 aliphatic rings. The van der Waals surface area contributed by atoms with Gasteiger partial charge >= 0.3 is 0 Å². The molecule has 0 spiro atoms. The van der Waals surface area contributed by atoms with Gasteiger partial charge in [0, 0.05) is 44.3 Å². The van der Waals surface area contributed by atoms with Crippen molar-refractivity contribution in [3.63, 3.8) is 0 Å². The average Bonchev–Trinajstić information content (AvgIpc) is 3.29. The van der Waals surface area contributed by atoms with Gasteiger partial charge in [0.1, 0.15) is 18.1 Å². The van der Waals surface area contributed by atoms with Crippen LogP contribution in [0.15, 0.2) is 42.5 Å². The Labute approximate surface area is 171 Å². The van der Waals surface area contributed by atoms with Crippen LogP contribution < -0.4 is 10.1 Å². The zero-order chi connectivity index (χ0) is 20.4. The van der Waals surface area contributed by atoms with Gasteiger partial charge in [0.05, 0.1) is 12.6 Å². The predicted octanol–water partition coefficient (Wildman–Crippen LogP) is 2.76. The van der Waals surface area contributed by atoms with E-state index in [0.717, 1.165) is 13.1 Å². The highest BCUT2D eigenvalue weighted by atomic mass is 16.5. The lowest BCUT2D eigenvalue weighted by atomic mass is 9.87. The third-order valence-electron chi connectivity index (χ3n) is 6.03. The summed E-state index contributed by atoms with van der Waals surface area (Å²) in [5.41, 5.74) is 2.85. The van der Waals surface area contributed by atoms with Gasteiger partial charge in [-0.2, -0.15) is 0 Å². The fourth-order valence-corrected chi connectivity index (χ4v) is 4.65. The van der Waals surface area contributed by atoms with Crippen LogP contribution in [0.4, 0.5) is 0 Å². The smallest absolute Gasteiger partial charge is 0.254 e. The van der Waals surface area contributed by atoms with Crippen molar-refractivity contribution in [2.45, 2.75) is 13.0 Å². The van der Waals surface area contributed by atoms with E-state index >= 15 is 0 Å². The van der Waals surface area contributed by atoms with E-state index in [2.05, 4.69) is 24.4 Å². The number of rotatable bonds is 6. The van der Waals surface area contributed by atoms with Crippen LogP contribution in [0.25, 0.3) is 0 Å². The molecule has 2 aromatic carbocycles. The molecule has 2 aromatic rings. The quantitative estimate of drug-likeness (QED) is 0.735. The Morgan fingerprint density at radius 2 is 2.03 bits per heavy atom. The van der Waals surface area contributed by atoms with E-state index in [1.165, 1.54) is 23.3 Å². The monoisotopic (exact) mass is 396 g/mol. The number of nitrogens with one attached hydrogen (secondary N) is 1. The van der Waals surface area contributed by atoms with Crippen LogP contribution in [0, 0.1) is 18.8 Å². The number of ether oxygens (including phenoxy) is 2. The highest BCUT2D eigenvalue weighted by molar-refractivity contribution is 5.95. The van der Waals surface area contributed by atoms with Crippen molar-refractivity contribution in [2.24, 2.45) is 11.8 Å². The second-order valence-electron chi connectivity index (χ2n) is 7.90. The maximum Gasteiger partial charge on any atom is 0.254 e. The van der Waals surface area contributed by atoms with E-state index in [-0.39, 0.29) is 17.7 Å². The second-order valence-corrected chi connectivity index (χ2v) is 7.90. The van der Waals surface area contributed by atoms with Crippen LogP contribution in [0.3, 0.4) is 0 Å². The number of phenols is 1.